The van der Waals surface area contributed by atoms with Crippen LogP contribution in [-0.4, -0.2) is 27.5 Å². The van der Waals surface area contributed by atoms with Crippen molar-refractivity contribution in [3.63, 3.8) is 0 Å². The van der Waals surface area contributed by atoms with E-state index in [1.54, 1.807) is 22.8 Å². The summed E-state index contributed by atoms with van der Waals surface area (Å²) in [5, 5.41) is 4.00. The molecule has 7 nitrogen and oxygen atoms in total. The quantitative estimate of drug-likeness (QED) is 0.225. The summed E-state index contributed by atoms with van der Waals surface area (Å²) in [6, 6.07) is 18.8. The van der Waals surface area contributed by atoms with E-state index in [-0.39, 0.29) is 18.3 Å². The highest BCUT2D eigenvalue weighted by atomic mass is 35.5. The molecule has 1 N–H and O–H groups in total. The van der Waals surface area contributed by atoms with Crippen LogP contribution in [-0.2, 0) is 17.8 Å². The van der Waals surface area contributed by atoms with Crippen molar-refractivity contribution in [2.45, 2.75) is 43.6 Å². The van der Waals surface area contributed by atoms with Crippen LogP contribution in [0.2, 0.25) is 5.02 Å². The van der Waals surface area contributed by atoms with Gasteiger partial charge in [0.05, 0.1) is 16.2 Å². The van der Waals surface area contributed by atoms with E-state index in [1.165, 1.54) is 11.8 Å². The molecule has 1 amide bonds. The molecule has 0 bridgehead atoms. The van der Waals surface area contributed by atoms with E-state index in [0.717, 1.165) is 11.1 Å². The van der Waals surface area contributed by atoms with Gasteiger partial charge in [-0.05, 0) is 49.1 Å². The Hall–Kier alpha value is -3.49. The predicted molar refractivity (Wildman–Crippen MR) is 147 cm³/mol. The topological polar surface area (TPSA) is 82.5 Å². The zero-order valence-electron chi connectivity index (χ0n) is 20.5. The number of benzene rings is 3. The third-order valence-electron chi connectivity index (χ3n) is 6.23. The van der Waals surface area contributed by atoms with E-state index < -0.39 is 5.25 Å². The smallest absolute Gasteiger partial charge is 0.262 e. The number of aromatic nitrogens is 2. The van der Waals surface area contributed by atoms with Gasteiger partial charge in [0.1, 0.15) is 0 Å². The highest BCUT2D eigenvalue weighted by Crippen LogP contribution is 2.35. The average Bonchev–Trinajstić information content (AvgIpc) is 3.36. The average molecular weight is 536 g/mol. The van der Waals surface area contributed by atoms with Crippen molar-refractivity contribution in [1.29, 1.82) is 0 Å². The lowest BCUT2D eigenvalue weighted by Crippen LogP contribution is -2.28. The Morgan fingerprint density at radius 2 is 1.89 bits per heavy atom. The fourth-order valence-electron chi connectivity index (χ4n) is 4.11. The molecule has 1 aromatic heterocycles. The van der Waals surface area contributed by atoms with E-state index in [4.69, 9.17) is 26.1 Å². The molecule has 4 aromatic rings. The van der Waals surface area contributed by atoms with Crippen LogP contribution in [0, 0.1) is 6.92 Å². The zero-order chi connectivity index (χ0) is 25.9. The first-order chi connectivity index (χ1) is 17.9. The number of rotatable bonds is 8. The Bertz CT molecular complexity index is 1520. The lowest BCUT2D eigenvalue weighted by Gasteiger charge is -2.18. The molecule has 0 saturated carbocycles. The van der Waals surface area contributed by atoms with Crippen molar-refractivity contribution >= 4 is 45.9 Å². The maximum atomic E-state index is 13.7. The van der Waals surface area contributed by atoms with Crippen LogP contribution in [0.1, 0.15) is 24.5 Å². The summed E-state index contributed by atoms with van der Waals surface area (Å²) in [6.07, 6.45) is 1.20. The first-order valence-corrected chi connectivity index (χ1v) is 13.3. The fraction of sp³-hybridized carbons (Fsp3) is 0.250. The summed E-state index contributed by atoms with van der Waals surface area (Å²) in [4.78, 5) is 31.7. The Morgan fingerprint density at radius 1 is 1.14 bits per heavy atom. The number of nitrogens with one attached hydrogen (secondary N) is 1. The number of amides is 1. The molecule has 3 aromatic carbocycles. The number of nitrogens with zero attached hydrogens (tertiary/aromatic N) is 2. The number of fused-ring (bicyclic) bond motifs is 2. The largest absolute Gasteiger partial charge is 0.454 e. The fourth-order valence-corrected chi connectivity index (χ4v) is 5.33. The van der Waals surface area contributed by atoms with Crippen LogP contribution in [0.15, 0.2) is 70.6 Å². The third kappa shape index (κ3) is 5.45. The Kier molecular flexibility index (Phi) is 7.39. The van der Waals surface area contributed by atoms with Gasteiger partial charge in [-0.3, -0.25) is 14.2 Å². The van der Waals surface area contributed by atoms with Gasteiger partial charge in [-0.1, -0.05) is 66.7 Å². The molecule has 1 atom stereocenters. The van der Waals surface area contributed by atoms with Crippen LogP contribution in [0.4, 0.5) is 5.69 Å². The molecule has 2 heterocycles. The molecular formula is C28H26ClN3O4S. The van der Waals surface area contributed by atoms with Gasteiger partial charge in [0, 0.05) is 23.3 Å². The maximum Gasteiger partial charge on any atom is 0.262 e. The first kappa shape index (κ1) is 25.2. The molecular weight excluding hydrogens is 510 g/mol. The number of carbonyl (C=O) groups is 1. The highest BCUT2D eigenvalue weighted by molar-refractivity contribution is 8.00. The van der Waals surface area contributed by atoms with Gasteiger partial charge in [0.2, 0.25) is 12.7 Å². The third-order valence-corrected chi connectivity index (χ3v) is 7.99. The standard InChI is InChI=1S/C28H26ClN3O4S/c1-3-25(26(33)30-19-10-9-17(2)21(29)13-19)37-28-31-22-15-24-23(35-16-36-24)14-20(22)27(34)32(28)12-11-18-7-5-4-6-8-18/h4-10,13-15,25H,3,11-12,16H2,1-2H3,(H,30,33). The van der Waals surface area contributed by atoms with Crippen LogP contribution in [0.3, 0.4) is 0 Å². The van der Waals surface area contributed by atoms with Gasteiger partial charge in [-0.2, -0.15) is 0 Å². The minimum absolute atomic E-state index is 0.108. The SMILES string of the molecule is CCC(Sc1nc2cc3c(cc2c(=O)n1CCc1ccccc1)OCO3)C(=O)Nc1ccc(C)c(Cl)c1. The summed E-state index contributed by atoms with van der Waals surface area (Å²) >= 11 is 7.52. The molecule has 0 radical (unpaired) electrons. The molecule has 1 unspecified atom stereocenters. The number of hydrogen-bond acceptors (Lipinski definition) is 6. The number of ether oxygens (including phenoxy) is 2. The van der Waals surface area contributed by atoms with Crippen molar-refractivity contribution in [2.75, 3.05) is 12.1 Å². The molecule has 0 fully saturated rings. The minimum atomic E-state index is -0.471. The molecule has 0 aliphatic carbocycles. The van der Waals surface area contributed by atoms with E-state index in [9.17, 15) is 9.59 Å². The first-order valence-electron chi connectivity index (χ1n) is 12.0. The second kappa shape index (κ2) is 10.9. The summed E-state index contributed by atoms with van der Waals surface area (Å²) in [5.74, 6) is 0.907. The van der Waals surface area contributed by atoms with Crippen molar-refractivity contribution in [2.24, 2.45) is 0 Å². The van der Waals surface area contributed by atoms with Gasteiger partial charge in [0.15, 0.2) is 16.7 Å². The maximum absolute atomic E-state index is 13.7. The second-order valence-electron chi connectivity index (χ2n) is 8.78. The summed E-state index contributed by atoms with van der Waals surface area (Å²) in [6.45, 7) is 4.38. The lowest BCUT2D eigenvalue weighted by molar-refractivity contribution is -0.115. The van der Waals surface area contributed by atoms with Crippen LogP contribution in [0.25, 0.3) is 10.9 Å². The molecule has 37 heavy (non-hydrogen) atoms. The number of halogens is 1. The van der Waals surface area contributed by atoms with E-state index >= 15 is 0 Å². The van der Waals surface area contributed by atoms with Crippen LogP contribution in [0.5, 0.6) is 11.5 Å². The molecule has 5 rings (SSSR count). The van der Waals surface area contributed by atoms with Crippen molar-refractivity contribution < 1.29 is 14.3 Å². The lowest BCUT2D eigenvalue weighted by atomic mass is 10.1. The Labute approximate surface area is 223 Å². The Balaban J connectivity index is 1.48. The van der Waals surface area contributed by atoms with Gasteiger partial charge < -0.3 is 14.8 Å². The Morgan fingerprint density at radius 3 is 2.62 bits per heavy atom. The van der Waals surface area contributed by atoms with Crippen molar-refractivity contribution in [3.8, 4) is 11.5 Å². The number of anilines is 1. The molecule has 1 aliphatic rings. The van der Waals surface area contributed by atoms with Gasteiger partial charge in [-0.25, -0.2) is 4.98 Å². The minimum Gasteiger partial charge on any atom is -0.454 e. The number of hydrogen-bond donors (Lipinski definition) is 1. The van der Waals surface area contributed by atoms with Gasteiger partial charge >= 0.3 is 0 Å². The van der Waals surface area contributed by atoms with E-state index in [2.05, 4.69) is 5.32 Å². The number of thioether (sulfide) groups is 1. The normalized spacial score (nSPS) is 13.1. The van der Waals surface area contributed by atoms with Crippen LogP contribution >= 0.6 is 23.4 Å². The summed E-state index contributed by atoms with van der Waals surface area (Å²) < 4.78 is 12.6. The number of carbonyl (C=O) groups excluding carboxylic acids is 1. The molecule has 1 aliphatic heterocycles. The zero-order valence-corrected chi connectivity index (χ0v) is 22.1. The molecule has 9 heteroatoms. The molecule has 0 saturated heterocycles. The monoisotopic (exact) mass is 535 g/mol. The number of aryl methyl sites for hydroxylation is 2. The summed E-state index contributed by atoms with van der Waals surface area (Å²) in [5.41, 5.74) is 3.00. The van der Waals surface area contributed by atoms with Crippen LogP contribution < -0.4 is 20.3 Å². The predicted octanol–water partition coefficient (Wildman–Crippen LogP) is 5.84. The van der Waals surface area contributed by atoms with Gasteiger partial charge in [0.25, 0.3) is 5.56 Å². The molecule has 190 valence electrons. The highest BCUT2D eigenvalue weighted by Gasteiger charge is 2.24. The second-order valence-corrected chi connectivity index (χ2v) is 10.4. The van der Waals surface area contributed by atoms with E-state index in [0.29, 0.717) is 57.7 Å². The van der Waals surface area contributed by atoms with E-state index in [1.807, 2.05) is 56.3 Å². The van der Waals surface area contributed by atoms with Crippen molar-refractivity contribution in [3.05, 3.63) is 87.2 Å². The van der Waals surface area contributed by atoms with Gasteiger partial charge in [-0.15, -0.1) is 0 Å². The van der Waals surface area contributed by atoms with Crippen molar-refractivity contribution in [1.82, 2.24) is 9.55 Å². The molecule has 0 spiro atoms. The summed E-state index contributed by atoms with van der Waals surface area (Å²) in [7, 11) is 0.